The molecule has 0 atom stereocenters. The zero-order valence-electron chi connectivity index (χ0n) is 10.3. The third kappa shape index (κ3) is 4.06. The van der Waals surface area contributed by atoms with E-state index in [-0.39, 0.29) is 0 Å². The van der Waals surface area contributed by atoms with Gasteiger partial charge in [-0.3, -0.25) is 0 Å². The molecule has 0 aliphatic rings. The van der Waals surface area contributed by atoms with Gasteiger partial charge in [-0.25, -0.2) is 8.78 Å². The number of hydrogen-bond acceptors (Lipinski definition) is 2. The quantitative estimate of drug-likeness (QED) is 0.805. The maximum absolute atomic E-state index is 12.9. The van der Waals surface area contributed by atoms with Gasteiger partial charge >= 0.3 is 0 Å². The van der Waals surface area contributed by atoms with E-state index >= 15 is 0 Å². The second-order valence-electron chi connectivity index (χ2n) is 4.28. The molecular formula is C13H19F2NO. The molecule has 0 aliphatic carbocycles. The van der Waals surface area contributed by atoms with Gasteiger partial charge in [0.1, 0.15) is 0 Å². The van der Waals surface area contributed by atoms with E-state index in [2.05, 4.69) is 5.32 Å². The Bertz CT molecular complexity index is 364. The second kappa shape index (κ2) is 6.07. The molecule has 0 fully saturated rings. The minimum Gasteiger partial charge on any atom is -0.389 e. The van der Waals surface area contributed by atoms with Gasteiger partial charge in [0.2, 0.25) is 0 Å². The number of halogens is 2. The first-order valence-corrected chi connectivity index (χ1v) is 5.88. The summed E-state index contributed by atoms with van der Waals surface area (Å²) in [4.78, 5) is 0. The predicted molar refractivity (Wildman–Crippen MR) is 63.6 cm³/mol. The molecule has 0 saturated carbocycles. The van der Waals surface area contributed by atoms with E-state index in [1.807, 2.05) is 13.8 Å². The molecule has 0 unspecified atom stereocenters. The fourth-order valence-corrected chi connectivity index (χ4v) is 1.59. The summed E-state index contributed by atoms with van der Waals surface area (Å²) in [6, 6.07) is 3.81. The zero-order chi connectivity index (χ0) is 12.9. The summed E-state index contributed by atoms with van der Waals surface area (Å²) in [5.41, 5.74) is -0.0584. The predicted octanol–water partition coefficient (Wildman–Crippen LogP) is 2.61. The summed E-state index contributed by atoms with van der Waals surface area (Å²) in [5.74, 6) is -1.68. The molecule has 2 N–H and O–H groups in total. The SMILES string of the molecule is CCC(O)(CC)CNCc1ccc(F)c(F)c1. The second-order valence-corrected chi connectivity index (χ2v) is 4.28. The first-order valence-electron chi connectivity index (χ1n) is 5.88. The maximum atomic E-state index is 12.9. The Morgan fingerprint density at radius 2 is 1.82 bits per heavy atom. The molecule has 0 heterocycles. The molecule has 4 heteroatoms. The van der Waals surface area contributed by atoms with Crippen LogP contribution in [-0.2, 0) is 6.54 Å². The standard InChI is InChI=1S/C13H19F2NO/c1-3-13(17,4-2)9-16-8-10-5-6-11(14)12(15)7-10/h5-7,16-17H,3-4,8-9H2,1-2H3. The Kier molecular flexibility index (Phi) is 5.02. The van der Waals surface area contributed by atoms with Gasteiger partial charge in [-0.15, -0.1) is 0 Å². The summed E-state index contributed by atoms with van der Waals surface area (Å²) in [5, 5.41) is 13.1. The van der Waals surface area contributed by atoms with Crippen LogP contribution in [0, 0.1) is 11.6 Å². The monoisotopic (exact) mass is 243 g/mol. The van der Waals surface area contributed by atoms with E-state index in [0.717, 1.165) is 6.07 Å². The van der Waals surface area contributed by atoms with Crippen molar-refractivity contribution in [1.29, 1.82) is 0 Å². The average Bonchev–Trinajstić information content (AvgIpc) is 2.33. The molecule has 2 nitrogen and oxygen atoms in total. The van der Waals surface area contributed by atoms with Gasteiger partial charge in [-0.05, 0) is 30.5 Å². The minimum absolute atomic E-state index is 0.416. The van der Waals surface area contributed by atoms with E-state index in [1.165, 1.54) is 12.1 Å². The van der Waals surface area contributed by atoms with Gasteiger partial charge in [0.15, 0.2) is 11.6 Å². The topological polar surface area (TPSA) is 32.3 Å². The summed E-state index contributed by atoms with van der Waals surface area (Å²) >= 11 is 0. The number of aliphatic hydroxyl groups is 1. The Balaban J connectivity index is 2.48. The molecule has 1 rings (SSSR count). The van der Waals surface area contributed by atoms with Crippen LogP contribution in [0.2, 0.25) is 0 Å². The summed E-state index contributed by atoms with van der Waals surface area (Å²) in [6.07, 6.45) is 1.32. The van der Waals surface area contributed by atoms with Crippen molar-refractivity contribution >= 4 is 0 Å². The molecule has 96 valence electrons. The fraction of sp³-hybridized carbons (Fsp3) is 0.538. The zero-order valence-corrected chi connectivity index (χ0v) is 10.3. The van der Waals surface area contributed by atoms with Crippen LogP contribution in [0.15, 0.2) is 18.2 Å². The van der Waals surface area contributed by atoms with Gasteiger partial charge in [-0.1, -0.05) is 19.9 Å². The average molecular weight is 243 g/mol. The van der Waals surface area contributed by atoms with Crippen molar-refractivity contribution in [1.82, 2.24) is 5.32 Å². The fourth-order valence-electron chi connectivity index (χ4n) is 1.59. The van der Waals surface area contributed by atoms with Crippen molar-refractivity contribution in [2.45, 2.75) is 38.8 Å². The van der Waals surface area contributed by atoms with E-state index in [1.54, 1.807) is 0 Å². The van der Waals surface area contributed by atoms with Crippen molar-refractivity contribution < 1.29 is 13.9 Å². The van der Waals surface area contributed by atoms with Crippen molar-refractivity contribution in [3.63, 3.8) is 0 Å². The van der Waals surface area contributed by atoms with E-state index in [4.69, 9.17) is 0 Å². The Morgan fingerprint density at radius 1 is 1.18 bits per heavy atom. The minimum atomic E-state index is -0.842. The number of hydrogen-bond donors (Lipinski definition) is 2. The number of nitrogens with one attached hydrogen (secondary N) is 1. The van der Waals surface area contributed by atoms with Crippen molar-refractivity contribution in [3.8, 4) is 0 Å². The van der Waals surface area contributed by atoms with E-state index in [9.17, 15) is 13.9 Å². The molecule has 0 radical (unpaired) electrons. The Labute approximate surface area is 101 Å². The number of rotatable bonds is 6. The van der Waals surface area contributed by atoms with Crippen LogP contribution in [0.1, 0.15) is 32.3 Å². The van der Waals surface area contributed by atoms with E-state index in [0.29, 0.717) is 31.5 Å². The van der Waals surface area contributed by atoms with Gasteiger partial charge in [0.25, 0.3) is 0 Å². The Morgan fingerprint density at radius 3 is 2.35 bits per heavy atom. The lowest BCUT2D eigenvalue weighted by Crippen LogP contribution is -2.39. The van der Waals surface area contributed by atoms with Crippen LogP contribution in [-0.4, -0.2) is 17.3 Å². The highest BCUT2D eigenvalue weighted by atomic mass is 19.2. The van der Waals surface area contributed by atoms with Gasteiger partial charge < -0.3 is 10.4 Å². The van der Waals surface area contributed by atoms with Crippen LogP contribution in [0.25, 0.3) is 0 Å². The van der Waals surface area contributed by atoms with Gasteiger partial charge in [0.05, 0.1) is 5.60 Å². The molecule has 1 aromatic carbocycles. The molecule has 0 aliphatic heterocycles. The normalized spacial score (nSPS) is 11.8. The highest BCUT2D eigenvalue weighted by Crippen LogP contribution is 2.13. The van der Waals surface area contributed by atoms with Crippen molar-refractivity contribution in [2.75, 3.05) is 6.54 Å². The molecule has 0 aromatic heterocycles. The van der Waals surface area contributed by atoms with Crippen LogP contribution < -0.4 is 5.32 Å². The summed E-state index contributed by atoms with van der Waals surface area (Å²) < 4.78 is 25.6. The van der Waals surface area contributed by atoms with Crippen LogP contribution in [0.4, 0.5) is 8.78 Å². The molecule has 0 bridgehead atoms. The molecule has 17 heavy (non-hydrogen) atoms. The molecule has 0 saturated heterocycles. The highest BCUT2D eigenvalue weighted by molar-refractivity contribution is 5.17. The molecular weight excluding hydrogens is 224 g/mol. The first kappa shape index (κ1) is 14.1. The molecule has 1 aromatic rings. The smallest absolute Gasteiger partial charge is 0.159 e. The largest absolute Gasteiger partial charge is 0.389 e. The third-order valence-electron chi connectivity index (χ3n) is 3.08. The van der Waals surface area contributed by atoms with Crippen LogP contribution in [0.5, 0.6) is 0 Å². The van der Waals surface area contributed by atoms with Crippen LogP contribution >= 0.6 is 0 Å². The van der Waals surface area contributed by atoms with Gasteiger partial charge in [0, 0.05) is 13.1 Å². The van der Waals surface area contributed by atoms with Crippen molar-refractivity contribution in [3.05, 3.63) is 35.4 Å². The molecule has 0 amide bonds. The lowest BCUT2D eigenvalue weighted by molar-refractivity contribution is 0.0323. The van der Waals surface area contributed by atoms with Crippen LogP contribution in [0.3, 0.4) is 0 Å². The van der Waals surface area contributed by atoms with E-state index < -0.39 is 17.2 Å². The first-order chi connectivity index (χ1) is 8.00. The molecule has 0 spiro atoms. The lowest BCUT2D eigenvalue weighted by Gasteiger charge is -2.25. The maximum Gasteiger partial charge on any atom is 0.159 e. The summed E-state index contributed by atoms with van der Waals surface area (Å²) in [6.45, 7) is 4.70. The summed E-state index contributed by atoms with van der Waals surface area (Å²) in [7, 11) is 0. The number of benzene rings is 1. The highest BCUT2D eigenvalue weighted by Gasteiger charge is 2.21. The third-order valence-corrected chi connectivity index (χ3v) is 3.08. The lowest BCUT2D eigenvalue weighted by atomic mass is 9.97. The van der Waals surface area contributed by atoms with Gasteiger partial charge in [-0.2, -0.15) is 0 Å². The Hall–Kier alpha value is -1.00. The van der Waals surface area contributed by atoms with Crippen molar-refractivity contribution in [2.24, 2.45) is 0 Å².